The first kappa shape index (κ1) is 20.3. The smallest absolute Gasteiger partial charge is 0.241 e. The normalized spacial score (nSPS) is 17.1. The first-order chi connectivity index (χ1) is 14.5. The zero-order chi connectivity index (χ0) is 21.1. The molecule has 30 heavy (non-hydrogen) atoms. The van der Waals surface area contributed by atoms with Crippen molar-refractivity contribution in [3.63, 3.8) is 0 Å². The molecule has 0 saturated carbocycles. The third-order valence-corrected chi connectivity index (χ3v) is 5.74. The summed E-state index contributed by atoms with van der Waals surface area (Å²) in [4.78, 5) is 19.7. The number of anilines is 1. The van der Waals surface area contributed by atoms with Crippen LogP contribution >= 0.6 is 0 Å². The lowest BCUT2D eigenvalue weighted by atomic mass is 9.96. The van der Waals surface area contributed by atoms with E-state index in [4.69, 9.17) is 4.52 Å². The molecule has 2 heterocycles. The second kappa shape index (κ2) is 8.79. The predicted octanol–water partition coefficient (Wildman–Crippen LogP) is 4.51. The van der Waals surface area contributed by atoms with E-state index in [-0.39, 0.29) is 11.8 Å². The Labute approximate surface area is 177 Å². The molecule has 6 nitrogen and oxygen atoms in total. The van der Waals surface area contributed by atoms with E-state index in [1.165, 1.54) is 5.56 Å². The lowest BCUT2D eigenvalue weighted by Gasteiger charge is -2.31. The zero-order valence-corrected chi connectivity index (χ0v) is 17.8. The molecule has 0 radical (unpaired) electrons. The molecule has 1 N–H and O–H groups in total. The van der Waals surface area contributed by atoms with Crippen LogP contribution in [0.5, 0.6) is 0 Å². The van der Waals surface area contributed by atoms with Crippen molar-refractivity contribution in [2.24, 2.45) is 5.92 Å². The van der Waals surface area contributed by atoms with Crippen LogP contribution < -0.4 is 5.32 Å². The lowest BCUT2D eigenvalue weighted by molar-refractivity contribution is -0.121. The molecule has 2 aromatic carbocycles. The summed E-state index contributed by atoms with van der Waals surface area (Å²) in [5.41, 5.74) is 5.25. The molecule has 1 unspecified atom stereocenters. The van der Waals surface area contributed by atoms with E-state index >= 15 is 0 Å². The van der Waals surface area contributed by atoms with E-state index in [9.17, 15) is 4.79 Å². The van der Waals surface area contributed by atoms with E-state index in [1.807, 2.05) is 56.3 Å². The van der Waals surface area contributed by atoms with Crippen LogP contribution in [-0.2, 0) is 11.3 Å². The SMILES string of the molecule is Cc1ccc(-c2noc(CN3CCCC(C(=O)Nc4c(C)cccc4C)C3)n2)cc1. The van der Waals surface area contributed by atoms with Crippen molar-refractivity contribution in [2.45, 2.75) is 40.2 Å². The molecule has 0 spiro atoms. The van der Waals surface area contributed by atoms with Crippen LogP contribution in [0.15, 0.2) is 47.0 Å². The molecule has 1 atom stereocenters. The Bertz CT molecular complexity index is 1010. The van der Waals surface area contributed by atoms with Gasteiger partial charge >= 0.3 is 0 Å². The fourth-order valence-corrected chi connectivity index (χ4v) is 3.98. The molecule has 4 rings (SSSR count). The number of piperidine rings is 1. The monoisotopic (exact) mass is 404 g/mol. The van der Waals surface area contributed by atoms with Crippen molar-refractivity contribution in [3.8, 4) is 11.4 Å². The van der Waals surface area contributed by atoms with Gasteiger partial charge in [0.25, 0.3) is 0 Å². The van der Waals surface area contributed by atoms with Gasteiger partial charge in [0, 0.05) is 17.8 Å². The van der Waals surface area contributed by atoms with Crippen molar-refractivity contribution in [3.05, 3.63) is 65.0 Å². The standard InChI is InChI=1S/C24H28N4O2/c1-16-9-11-19(12-10-16)23-25-21(30-27-23)15-28-13-5-8-20(14-28)24(29)26-22-17(2)6-4-7-18(22)3/h4,6-7,9-12,20H,5,8,13-15H2,1-3H3,(H,26,29). The number of likely N-dealkylation sites (tertiary alicyclic amines) is 1. The Kier molecular flexibility index (Phi) is 5.95. The number of carbonyl (C=O) groups excluding carboxylic acids is 1. The molecule has 156 valence electrons. The highest BCUT2D eigenvalue weighted by atomic mass is 16.5. The van der Waals surface area contributed by atoms with Gasteiger partial charge in [0.15, 0.2) is 0 Å². The van der Waals surface area contributed by atoms with Crippen molar-refractivity contribution in [2.75, 3.05) is 18.4 Å². The Balaban J connectivity index is 1.38. The number of benzene rings is 2. The number of nitrogens with zero attached hydrogens (tertiary/aromatic N) is 3. The van der Waals surface area contributed by atoms with E-state index in [0.29, 0.717) is 24.8 Å². The van der Waals surface area contributed by atoms with Gasteiger partial charge in [0.2, 0.25) is 17.6 Å². The number of aromatic nitrogens is 2. The van der Waals surface area contributed by atoms with Crippen molar-refractivity contribution >= 4 is 11.6 Å². The second-order valence-corrected chi connectivity index (χ2v) is 8.21. The van der Waals surface area contributed by atoms with Gasteiger partial charge < -0.3 is 9.84 Å². The molecule has 0 aliphatic carbocycles. The maximum atomic E-state index is 12.9. The number of hydrogen-bond donors (Lipinski definition) is 1. The van der Waals surface area contributed by atoms with Crippen molar-refractivity contribution in [1.82, 2.24) is 15.0 Å². The Hall–Kier alpha value is -2.99. The molecule has 1 saturated heterocycles. The highest BCUT2D eigenvalue weighted by molar-refractivity contribution is 5.94. The molecule has 1 aromatic heterocycles. The second-order valence-electron chi connectivity index (χ2n) is 8.21. The lowest BCUT2D eigenvalue weighted by Crippen LogP contribution is -2.40. The van der Waals surface area contributed by atoms with Crippen LogP contribution in [0, 0.1) is 26.7 Å². The highest BCUT2D eigenvalue weighted by Gasteiger charge is 2.27. The number of aryl methyl sites for hydroxylation is 3. The van der Waals surface area contributed by atoms with Crippen molar-refractivity contribution in [1.29, 1.82) is 0 Å². The first-order valence-corrected chi connectivity index (χ1v) is 10.5. The van der Waals surface area contributed by atoms with Crippen LogP contribution in [0.25, 0.3) is 11.4 Å². The number of carbonyl (C=O) groups is 1. The maximum absolute atomic E-state index is 12.9. The number of nitrogens with one attached hydrogen (secondary N) is 1. The van der Waals surface area contributed by atoms with E-state index in [2.05, 4.69) is 27.3 Å². The topological polar surface area (TPSA) is 71.3 Å². The van der Waals surface area contributed by atoms with Gasteiger partial charge in [-0.3, -0.25) is 9.69 Å². The van der Waals surface area contributed by atoms with Gasteiger partial charge in [0.05, 0.1) is 12.5 Å². The predicted molar refractivity (Wildman–Crippen MR) is 117 cm³/mol. The van der Waals surface area contributed by atoms with E-state index in [1.54, 1.807) is 0 Å². The molecule has 3 aromatic rings. The molecule has 1 aliphatic rings. The van der Waals surface area contributed by atoms with Crippen LogP contribution in [0.1, 0.15) is 35.4 Å². The molecule has 1 aliphatic heterocycles. The van der Waals surface area contributed by atoms with Crippen LogP contribution in [0.3, 0.4) is 0 Å². The average Bonchev–Trinajstić information content (AvgIpc) is 3.20. The largest absolute Gasteiger partial charge is 0.338 e. The minimum atomic E-state index is -0.0442. The van der Waals surface area contributed by atoms with Gasteiger partial charge in [-0.15, -0.1) is 0 Å². The zero-order valence-electron chi connectivity index (χ0n) is 17.8. The van der Waals surface area contributed by atoms with Gasteiger partial charge in [0.1, 0.15) is 0 Å². The third-order valence-electron chi connectivity index (χ3n) is 5.74. The fraction of sp³-hybridized carbons (Fsp3) is 0.375. The minimum absolute atomic E-state index is 0.0442. The average molecular weight is 405 g/mol. The molecular weight excluding hydrogens is 376 g/mol. The Morgan fingerprint density at radius 3 is 2.60 bits per heavy atom. The first-order valence-electron chi connectivity index (χ1n) is 10.5. The van der Waals surface area contributed by atoms with Gasteiger partial charge in [-0.2, -0.15) is 4.98 Å². The van der Waals surface area contributed by atoms with E-state index in [0.717, 1.165) is 41.8 Å². The number of rotatable bonds is 5. The van der Waals surface area contributed by atoms with Gasteiger partial charge in [-0.1, -0.05) is 53.2 Å². The molecule has 6 heteroatoms. The minimum Gasteiger partial charge on any atom is -0.338 e. The van der Waals surface area contributed by atoms with Crippen molar-refractivity contribution < 1.29 is 9.32 Å². The summed E-state index contributed by atoms with van der Waals surface area (Å²) in [5.74, 6) is 1.23. The third kappa shape index (κ3) is 4.60. The summed E-state index contributed by atoms with van der Waals surface area (Å²) >= 11 is 0. The summed E-state index contributed by atoms with van der Waals surface area (Å²) in [6.45, 7) is 8.28. The highest BCUT2D eigenvalue weighted by Crippen LogP contribution is 2.24. The Morgan fingerprint density at radius 2 is 1.87 bits per heavy atom. The van der Waals surface area contributed by atoms with Gasteiger partial charge in [-0.05, 0) is 51.3 Å². The Morgan fingerprint density at radius 1 is 1.13 bits per heavy atom. The molecule has 1 fully saturated rings. The summed E-state index contributed by atoms with van der Waals surface area (Å²) < 4.78 is 5.47. The molecular formula is C24H28N4O2. The number of amides is 1. The number of hydrogen-bond acceptors (Lipinski definition) is 5. The van der Waals surface area contributed by atoms with Crippen LogP contribution in [0.4, 0.5) is 5.69 Å². The van der Waals surface area contributed by atoms with Crippen LogP contribution in [0.2, 0.25) is 0 Å². The van der Waals surface area contributed by atoms with E-state index < -0.39 is 0 Å². The van der Waals surface area contributed by atoms with Gasteiger partial charge in [-0.25, -0.2) is 0 Å². The summed E-state index contributed by atoms with van der Waals surface area (Å²) in [7, 11) is 0. The summed E-state index contributed by atoms with van der Waals surface area (Å²) in [6, 6.07) is 14.1. The molecule has 1 amide bonds. The summed E-state index contributed by atoms with van der Waals surface area (Å²) in [6.07, 6.45) is 1.87. The molecule has 0 bridgehead atoms. The number of para-hydroxylation sites is 1. The quantitative estimate of drug-likeness (QED) is 0.677. The summed E-state index contributed by atoms with van der Waals surface area (Å²) in [5, 5.41) is 7.26. The fourth-order valence-electron chi connectivity index (χ4n) is 3.98. The maximum Gasteiger partial charge on any atom is 0.241 e. The van der Waals surface area contributed by atoms with Crippen LogP contribution in [-0.4, -0.2) is 34.0 Å².